The Kier molecular flexibility index (Phi) is 5.93. The van der Waals surface area contributed by atoms with Gasteiger partial charge in [-0.15, -0.1) is 0 Å². The molecule has 7 heteroatoms. The third-order valence-electron chi connectivity index (χ3n) is 4.52. The lowest BCUT2D eigenvalue weighted by Gasteiger charge is -2.25. The molecule has 1 atom stereocenters. The number of hydrogen-bond donors (Lipinski definition) is 1. The second kappa shape index (κ2) is 8.22. The van der Waals surface area contributed by atoms with Gasteiger partial charge in [-0.05, 0) is 41.3 Å². The quantitative estimate of drug-likeness (QED) is 0.801. The molecule has 1 aliphatic rings. The summed E-state index contributed by atoms with van der Waals surface area (Å²) in [6, 6.07) is 12.2. The number of amides is 1. The van der Waals surface area contributed by atoms with E-state index in [1.165, 1.54) is 6.26 Å². The van der Waals surface area contributed by atoms with Gasteiger partial charge >= 0.3 is 0 Å². The fourth-order valence-corrected chi connectivity index (χ4v) is 3.97. The van der Waals surface area contributed by atoms with Gasteiger partial charge in [-0.25, -0.2) is 8.42 Å². The minimum atomic E-state index is -3.11. The summed E-state index contributed by atoms with van der Waals surface area (Å²) in [5.74, 6) is 1.32. The van der Waals surface area contributed by atoms with E-state index < -0.39 is 9.84 Å². The molecule has 0 aliphatic carbocycles. The van der Waals surface area contributed by atoms with E-state index in [9.17, 15) is 13.2 Å². The molecule has 2 aromatic rings. The van der Waals surface area contributed by atoms with Gasteiger partial charge in [0.1, 0.15) is 13.2 Å². The van der Waals surface area contributed by atoms with Gasteiger partial charge in [0.25, 0.3) is 5.91 Å². The maximum Gasteiger partial charge on any atom is 0.251 e. The van der Waals surface area contributed by atoms with Gasteiger partial charge in [-0.3, -0.25) is 4.79 Å². The molecule has 3 rings (SSSR count). The average molecular weight is 404 g/mol. The maximum atomic E-state index is 12.7. The number of carbonyl (C=O) groups excluding carboxylic acids is 1. The second-order valence-electron chi connectivity index (χ2n) is 7.37. The number of benzene rings is 2. The van der Waals surface area contributed by atoms with E-state index in [1.54, 1.807) is 24.3 Å². The van der Waals surface area contributed by atoms with E-state index >= 15 is 0 Å². The number of hydrogen-bond acceptors (Lipinski definition) is 5. The van der Waals surface area contributed by atoms with Gasteiger partial charge in [0, 0.05) is 11.8 Å². The Morgan fingerprint density at radius 3 is 2.29 bits per heavy atom. The zero-order chi connectivity index (χ0) is 20.3. The molecule has 0 bridgehead atoms. The molecule has 0 spiro atoms. The van der Waals surface area contributed by atoms with Crippen LogP contribution in [0.3, 0.4) is 0 Å². The lowest BCUT2D eigenvalue weighted by Crippen LogP contribution is -2.32. The van der Waals surface area contributed by atoms with Crippen LogP contribution in [0.1, 0.15) is 41.4 Å². The van der Waals surface area contributed by atoms with Crippen molar-refractivity contribution in [2.24, 2.45) is 5.92 Å². The van der Waals surface area contributed by atoms with Gasteiger partial charge in [0.15, 0.2) is 21.3 Å². The Labute approximate surface area is 165 Å². The van der Waals surface area contributed by atoms with E-state index in [-0.39, 0.29) is 23.6 Å². The van der Waals surface area contributed by atoms with E-state index in [0.29, 0.717) is 35.8 Å². The third kappa shape index (κ3) is 5.04. The van der Waals surface area contributed by atoms with Crippen molar-refractivity contribution >= 4 is 15.7 Å². The van der Waals surface area contributed by atoms with Crippen LogP contribution in [-0.2, 0) is 15.6 Å². The summed E-state index contributed by atoms with van der Waals surface area (Å²) in [5.41, 5.74) is 2.09. The van der Waals surface area contributed by atoms with Gasteiger partial charge in [0.2, 0.25) is 0 Å². The van der Waals surface area contributed by atoms with Crippen molar-refractivity contribution in [2.45, 2.75) is 25.6 Å². The van der Waals surface area contributed by atoms with Crippen molar-refractivity contribution in [1.82, 2.24) is 5.32 Å². The van der Waals surface area contributed by atoms with Crippen LogP contribution in [0, 0.1) is 5.92 Å². The third-order valence-corrected chi connectivity index (χ3v) is 5.38. The van der Waals surface area contributed by atoms with Crippen LogP contribution in [-0.4, -0.2) is 33.8 Å². The van der Waals surface area contributed by atoms with Crippen LogP contribution in [0.4, 0.5) is 0 Å². The Morgan fingerprint density at radius 1 is 1.04 bits per heavy atom. The van der Waals surface area contributed by atoms with Crippen LogP contribution in [0.15, 0.2) is 42.5 Å². The van der Waals surface area contributed by atoms with Crippen LogP contribution >= 0.6 is 0 Å². The standard InChI is InChI=1S/C21H25NO5S/c1-14(2)20(17-8-9-18-19(12-17)27-11-10-26-18)22-21(23)16-6-4-15(5-7-16)13-28(3,24)25/h4-9,12,14,20H,10-11,13H2,1-3H3,(H,22,23)/t20-/m0/s1. The summed E-state index contributed by atoms with van der Waals surface area (Å²) in [7, 11) is -3.11. The molecule has 0 aromatic heterocycles. The molecule has 1 aliphatic heterocycles. The van der Waals surface area contributed by atoms with Crippen molar-refractivity contribution < 1.29 is 22.7 Å². The van der Waals surface area contributed by atoms with E-state index in [1.807, 2.05) is 32.0 Å². The number of sulfone groups is 1. The van der Waals surface area contributed by atoms with Crippen LogP contribution in [0.2, 0.25) is 0 Å². The van der Waals surface area contributed by atoms with Crippen molar-refractivity contribution in [3.8, 4) is 11.5 Å². The zero-order valence-electron chi connectivity index (χ0n) is 16.3. The monoisotopic (exact) mass is 403 g/mol. The molecule has 0 saturated carbocycles. The fraction of sp³-hybridized carbons (Fsp3) is 0.381. The molecule has 150 valence electrons. The minimum Gasteiger partial charge on any atom is -0.486 e. The number of fused-ring (bicyclic) bond motifs is 1. The largest absolute Gasteiger partial charge is 0.486 e. The highest BCUT2D eigenvalue weighted by Gasteiger charge is 2.22. The van der Waals surface area contributed by atoms with E-state index in [4.69, 9.17) is 9.47 Å². The Balaban J connectivity index is 1.76. The predicted molar refractivity (Wildman–Crippen MR) is 107 cm³/mol. The second-order valence-corrected chi connectivity index (χ2v) is 9.51. The molecule has 0 radical (unpaired) electrons. The highest BCUT2D eigenvalue weighted by atomic mass is 32.2. The van der Waals surface area contributed by atoms with Gasteiger partial charge in [0.05, 0.1) is 11.8 Å². The fourth-order valence-electron chi connectivity index (χ4n) is 3.17. The number of carbonyl (C=O) groups is 1. The smallest absolute Gasteiger partial charge is 0.251 e. The first kappa shape index (κ1) is 20.2. The summed E-state index contributed by atoms with van der Waals surface area (Å²) < 4.78 is 34.0. The summed E-state index contributed by atoms with van der Waals surface area (Å²) in [6.07, 6.45) is 1.19. The molecule has 2 aromatic carbocycles. The number of rotatable bonds is 6. The SMILES string of the molecule is CC(C)[C@H](NC(=O)c1ccc(CS(C)(=O)=O)cc1)c1ccc2c(c1)OCCO2. The van der Waals surface area contributed by atoms with Gasteiger partial charge in [-0.2, -0.15) is 0 Å². The Morgan fingerprint density at radius 2 is 1.68 bits per heavy atom. The Hall–Kier alpha value is -2.54. The molecule has 6 nitrogen and oxygen atoms in total. The van der Waals surface area contributed by atoms with Crippen molar-refractivity contribution in [2.75, 3.05) is 19.5 Å². The highest BCUT2D eigenvalue weighted by Crippen LogP contribution is 2.34. The summed E-state index contributed by atoms with van der Waals surface area (Å²) in [4.78, 5) is 12.7. The van der Waals surface area contributed by atoms with E-state index in [2.05, 4.69) is 5.32 Å². The maximum absolute atomic E-state index is 12.7. The Bertz CT molecular complexity index is 951. The molecule has 0 unspecified atom stereocenters. The topological polar surface area (TPSA) is 81.7 Å². The molecule has 0 fully saturated rings. The van der Waals surface area contributed by atoms with Crippen LogP contribution in [0.25, 0.3) is 0 Å². The minimum absolute atomic E-state index is 0.0410. The van der Waals surface area contributed by atoms with Crippen molar-refractivity contribution in [3.63, 3.8) is 0 Å². The molecule has 1 amide bonds. The molecule has 1 heterocycles. The van der Waals surface area contributed by atoms with Crippen molar-refractivity contribution in [1.29, 1.82) is 0 Å². The summed E-state index contributed by atoms with van der Waals surface area (Å²) >= 11 is 0. The van der Waals surface area contributed by atoms with E-state index in [0.717, 1.165) is 5.56 Å². The lowest BCUT2D eigenvalue weighted by atomic mass is 9.95. The average Bonchev–Trinajstić information content (AvgIpc) is 2.64. The normalized spacial score (nSPS) is 14.6. The molecule has 28 heavy (non-hydrogen) atoms. The van der Waals surface area contributed by atoms with Gasteiger partial charge in [-0.1, -0.05) is 32.0 Å². The number of ether oxygens (including phenoxy) is 2. The summed E-state index contributed by atoms with van der Waals surface area (Å²) in [6.45, 7) is 5.12. The first-order valence-electron chi connectivity index (χ1n) is 9.20. The molecule has 1 N–H and O–H groups in total. The first-order valence-corrected chi connectivity index (χ1v) is 11.3. The van der Waals surface area contributed by atoms with Crippen molar-refractivity contribution in [3.05, 3.63) is 59.2 Å². The first-order chi connectivity index (χ1) is 13.2. The van der Waals surface area contributed by atoms with Crippen LogP contribution in [0.5, 0.6) is 11.5 Å². The zero-order valence-corrected chi connectivity index (χ0v) is 17.1. The molecule has 0 saturated heterocycles. The lowest BCUT2D eigenvalue weighted by molar-refractivity contribution is 0.0925. The molecular weight excluding hydrogens is 378 g/mol. The highest BCUT2D eigenvalue weighted by molar-refractivity contribution is 7.89. The summed E-state index contributed by atoms with van der Waals surface area (Å²) in [5, 5.41) is 3.07. The van der Waals surface area contributed by atoms with Gasteiger partial charge < -0.3 is 14.8 Å². The van der Waals surface area contributed by atoms with Crippen LogP contribution < -0.4 is 14.8 Å². The molecular formula is C21H25NO5S. The predicted octanol–water partition coefficient (Wildman–Crippen LogP) is 3.13. The number of nitrogens with one attached hydrogen (secondary N) is 1.